The van der Waals surface area contributed by atoms with Gasteiger partial charge in [-0.3, -0.25) is 4.79 Å². The quantitative estimate of drug-likeness (QED) is 0.342. The molecule has 0 spiro atoms. The number of hydrogen-bond acceptors (Lipinski definition) is 3. The second-order valence-electron chi connectivity index (χ2n) is 5.00. The normalized spacial score (nSPS) is 16.9. The van der Waals surface area contributed by atoms with Crippen LogP contribution in [0.25, 0.3) is 0 Å². The van der Waals surface area contributed by atoms with E-state index in [0.29, 0.717) is 15.7 Å². The minimum Gasteiger partial charge on any atom is -0.409 e. The molecule has 1 aromatic rings. The lowest BCUT2D eigenvalue weighted by Gasteiger charge is -2.21. The monoisotopic (exact) mass is 339 g/mol. The van der Waals surface area contributed by atoms with Gasteiger partial charge in [0.05, 0.1) is 5.69 Å². The van der Waals surface area contributed by atoms with Crippen molar-refractivity contribution in [3.05, 3.63) is 28.2 Å². The smallest absolute Gasteiger partial charge is 0.227 e. The van der Waals surface area contributed by atoms with E-state index in [1.807, 2.05) is 0 Å². The standard InChI is InChI=1S/C14H18BrN3O2/c15-11-8-10(13(16)18-20)6-7-12(11)17-14(19)9-4-2-1-3-5-9/h6-9,20H,1-5H2,(H2,16,18)(H,17,19). The predicted octanol–water partition coefficient (Wildman–Crippen LogP) is 3.06. The van der Waals surface area contributed by atoms with Gasteiger partial charge in [0.1, 0.15) is 0 Å². The second-order valence-corrected chi connectivity index (χ2v) is 5.86. The van der Waals surface area contributed by atoms with Crippen LogP contribution in [-0.2, 0) is 4.79 Å². The predicted molar refractivity (Wildman–Crippen MR) is 81.9 cm³/mol. The fourth-order valence-electron chi connectivity index (χ4n) is 2.43. The number of nitrogens with one attached hydrogen (secondary N) is 1. The molecule has 0 aromatic heterocycles. The summed E-state index contributed by atoms with van der Waals surface area (Å²) in [6.45, 7) is 0. The zero-order valence-electron chi connectivity index (χ0n) is 11.1. The third-order valence-corrected chi connectivity index (χ3v) is 4.26. The van der Waals surface area contributed by atoms with Crippen molar-refractivity contribution in [2.75, 3.05) is 5.32 Å². The average Bonchev–Trinajstić information content (AvgIpc) is 2.49. The molecule has 1 fully saturated rings. The minimum atomic E-state index is 0.0378. The summed E-state index contributed by atoms with van der Waals surface area (Å²) in [6.07, 6.45) is 5.41. The fraction of sp³-hybridized carbons (Fsp3) is 0.429. The Bertz CT molecular complexity index is 525. The number of oxime groups is 1. The van der Waals surface area contributed by atoms with E-state index in [1.54, 1.807) is 18.2 Å². The lowest BCUT2D eigenvalue weighted by molar-refractivity contribution is -0.120. The van der Waals surface area contributed by atoms with Gasteiger partial charge in [-0.15, -0.1) is 0 Å². The van der Waals surface area contributed by atoms with Crippen LogP contribution < -0.4 is 11.1 Å². The molecule has 0 saturated heterocycles. The van der Waals surface area contributed by atoms with E-state index in [4.69, 9.17) is 10.9 Å². The summed E-state index contributed by atoms with van der Waals surface area (Å²) < 4.78 is 0.714. The maximum Gasteiger partial charge on any atom is 0.227 e. The summed E-state index contributed by atoms with van der Waals surface area (Å²) >= 11 is 3.39. The highest BCUT2D eigenvalue weighted by molar-refractivity contribution is 9.10. The van der Waals surface area contributed by atoms with Crippen molar-refractivity contribution in [2.24, 2.45) is 16.8 Å². The van der Waals surface area contributed by atoms with E-state index < -0.39 is 0 Å². The van der Waals surface area contributed by atoms with Crippen LogP contribution in [0.1, 0.15) is 37.7 Å². The molecule has 0 aliphatic heterocycles. The zero-order chi connectivity index (χ0) is 14.5. The van der Waals surface area contributed by atoms with Crippen molar-refractivity contribution in [1.29, 1.82) is 0 Å². The van der Waals surface area contributed by atoms with Crippen molar-refractivity contribution >= 4 is 33.4 Å². The third-order valence-electron chi connectivity index (χ3n) is 3.61. The number of carbonyl (C=O) groups is 1. The molecule has 0 unspecified atom stereocenters. The number of nitrogens with two attached hydrogens (primary N) is 1. The summed E-state index contributed by atoms with van der Waals surface area (Å²) in [7, 11) is 0. The summed E-state index contributed by atoms with van der Waals surface area (Å²) in [6, 6.07) is 5.17. The van der Waals surface area contributed by atoms with Gasteiger partial charge >= 0.3 is 0 Å². The highest BCUT2D eigenvalue weighted by atomic mass is 79.9. The highest BCUT2D eigenvalue weighted by Gasteiger charge is 2.21. The van der Waals surface area contributed by atoms with Crippen LogP contribution in [0, 0.1) is 5.92 Å². The Hall–Kier alpha value is -1.56. The second kappa shape index (κ2) is 6.74. The van der Waals surface area contributed by atoms with Crippen molar-refractivity contribution in [1.82, 2.24) is 0 Å². The van der Waals surface area contributed by atoms with Gasteiger partial charge < -0.3 is 16.3 Å². The van der Waals surface area contributed by atoms with Gasteiger partial charge in [0.25, 0.3) is 0 Å². The van der Waals surface area contributed by atoms with Crippen LogP contribution in [-0.4, -0.2) is 17.0 Å². The fourth-order valence-corrected chi connectivity index (χ4v) is 2.91. The van der Waals surface area contributed by atoms with Crippen LogP contribution in [0.15, 0.2) is 27.8 Å². The number of nitrogens with zero attached hydrogens (tertiary/aromatic N) is 1. The molecule has 4 N–H and O–H groups in total. The van der Waals surface area contributed by atoms with Crippen LogP contribution in [0.3, 0.4) is 0 Å². The molecule has 1 amide bonds. The molecule has 6 heteroatoms. The van der Waals surface area contributed by atoms with E-state index in [0.717, 1.165) is 25.7 Å². The molecular formula is C14H18BrN3O2. The van der Waals surface area contributed by atoms with Crippen molar-refractivity contribution < 1.29 is 10.0 Å². The maximum atomic E-state index is 12.2. The molecule has 20 heavy (non-hydrogen) atoms. The zero-order valence-corrected chi connectivity index (χ0v) is 12.7. The van der Waals surface area contributed by atoms with Gasteiger partial charge in [0.2, 0.25) is 5.91 Å². The molecule has 0 atom stereocenters. The number of benzene rings is 1. The van der Waals surface area contributed by atoms with Gasteiger partial charge in [0.15, 0.2) is 5.84 Å². The molecule has 5 nitrogen and oxygen atoms in total. The molecule has 1 aliphatic carbocycles. The Labute approximate surface area is 126 Å². The van der Waals surface area contributed by atoms with Crippen LogP contribution in [0.5, 0.6) is 0 Å². The molecule has 1 saturated carbocycles. The molecule has 0 radical (unpaired) electrons. The highest BCUT2D eigenvalue weighted by Crippen LogP contribution is 2.28. The minimum absolute atomic E-state index is 0.0378. The number of anilines is 1. The number of rotatable bonds is 3. The van der Waals surface area contributed by atoms with Crippen molar-refractivity contribution in [2.45, 2.75) is 32.1 Å². The van der Waals surface area contributed by atoms with E-state index in [-0.39, 0.29) is 17.7 Å². The van der Waals surface area contributed by atoms with Crippen LogP contribution >= 0.6 is 15.9 Å². The van der Waals surface area contributed by atoms with Crippen molar-refractivity contribution in [3.63, 3.8) is 0 Å². The number of amidine groups is 1. The van der Waals surface area contributed by atoms with Crippen LogP contribution in [0.4, 0.5) is 5.69 Å². The summed E-state index contributed by atoms with van der Waals surface area (Å²) in [4.78, 5) is 12.2. The first-order valence-corrected chi connectivity index (χ1v) is 7.49. The number of halogens is 1. The first-order chi connectivity index (χ1) is 9.61. The summed E-state index contributed by atoms with van der Waals surface area (Å²) in [5.74, 6) is 0.220. The molecule has 0 bridgehead atoms. The average molecular weight is 340 g/mol. The molecule has 1 aliphatic rings. The Kier molecular flexibility index (Phi) is 5.00. The molecule has 108 valence electrons. The Balaban J connectivity index is 2.07. The maximum absolute atomic E-state index is 12.2. The van der Waals surface area contributed by atoms with Gasteiger partial charge in [0, 0.05) is 16.0 Å². The number of hydrogen-bond donors (Lipinski definition) is 3. The lowest BCUT2D eigenvalue weighted by Crippen LogP contribution is -2.25. The third kappa shape index (κ3) is 3.50. The Morgan fingerprint density at radius 3 is 2.65 bits per heavy atom. The molecule has 0 heterocycles. The van der Waals surface area contributed by atoms with Gasteiger partial charge in [-0.25, -0.2) is 0 Å². The van der Waals surface area contributed by atoms with E-state index in [1.165, 1.54) is 6.42 Å². The lowest BCUT2D eigenvalue weighted by atomic mass is 9.88. The number of carbonyl (C=O) groups excluding carboxylic acids is 1. The van der Waals surface area contributed by atoms with E-state index in [2.05, 4.69) is 26.4 Å². The first-order valence-electron chi connectivity index (χ1n) is 6.70. The SMILES string of the molecule is N/C(=N/O)c1ccc(NC(=O)C2CCCCC2)c(Br)c1. The first kappa shape index (κ1) is 14.8. The topological polar surface area (TPSA) is 87.7 Å². The Morgan fingerprint density at radius 2 is 2.05 bits per heavy atom. The summed E-state index contributed by atoms with van der Waals surface area (Å²) in [5.41, 5.74) is 6.82. The van der Waals surface area contributed by atoms with Crippen molar-refractivity contribution in [3.8, 4) is 0 Å². The Morgan fingerprint density at radius 1 is 1.35 bits per heavy atom. The van der Waals surface area contributed by atoms with E-state index >= 15 is 0 Å². The van der Waals surface area contributed by atoms with Gasteiger partial charge in [-0.05, 0) is 47.0 Å². The number of amides is 1. The largest absolute Gasteiger partial charge is 0.409 e. The molecular weight excluding hydrogens is 322 g/mol. The van der Waals surface area contributed by atoms with Crippen LogP contribution in [0.2, 0.25) is 0 Å². The molecule has 1 aromatic carbocycles. The van der Waals surface area contributed by atoms with E-state index in [9.17, 15) is 4.79 Å². The van der Waals surface area contributed by atoms with Gasteiger partial charge in [-0.2, -0.15) is 0 Å². The van der Waals surface area contributed by atoms with Gasteiger partial charge in [-0.1, -0.05) is 24.4 Å². The summed E-state index contributed by atoms with van der Waals surface area (Å²) in [5, 5.41) is 14.5. The molecule has 2 rings (SSSR count).